The molecule has 0 unspecified atom stereocenters. The van der Waals surface area contributed by atoms with Crippen LogP contribution in [0.25, 0.3) is 76.2 Å². The SMILES string of the molecule is CC1(C)c2cc(N3c4ccccc4N(c4ccccc4)c4ccccc43)ccc2-c2cc3c(cc21)oc1cc2c(cc13)c1ccccc1c1ccc3ccccc3c12. The van der Waals surface area contributed by atoms with Crippen molar-refractivity contribution in [2.75, 3.05) is 9.80 Å². The van der Waals surface area contributed by atoms with Gasteiger partial charge in [0.25, 0.3) is 0 Å². The zero-order valence-corrected chi connectivity index (χ0v) is 32.1. The summed E-state index contributed by atoms with van der Waals surface area (Å²) in [4.78, 5) is 4.82. The van der Waals surface area contributed by atoms with E-state index in [2.05, 4.69) is 206 Å². The van der Waals surface area contributed by atoms with Crippen LogP contribution in [0, 0.1) is 0 Å². The van der Waals surface area contributed by atoms with Crippen molar-refractivity contribution in [1.29, 1.82) is 0 Å². The molecular weight excluding hydrogens is 705 g/mol. The first-order valence-electron chi connectivity index (χ1n) is 20.2. The van der Waals surface area contributed by atoms with E-state index in [0.717, 1.165) is 56.1 Å². The van der Waals surface area contributed by atoms with Gasteiger partial charge in [0, 0.05) is 27.6 Å². The summed E-state index contributed by atoms with van der Waals surface area (Å²) < 4.78 is 6.88. The minimum absolute atomic E-state index is 0.241. The molecule has 11 aromatic rings. The Morgan fingerprint density at radius 3 is 1.66 bits per heavy atom. The first-order chi connectivity index (χ1) is 28.5. The van der Waals surface area contributed by atoms with E-state index in [0.29, 0.717) is 0 Å². The summed E-state index contributed by atoms with van der Waals surface area (Å²) in [6.07, 6.45) is 0. The number of para-hydroxylation sites is 5. The summed E-state index contributed by atoms with van der Waals surface area (Å²) in [7, 11) is 0. The van der Waals surface area contributed by atoms with Crippen LogP contribution < -0.4 is 9.80 Å². The van der Waals surface area contributed by atoms with E-state index in [1.165, 1.54) is 65.3 Å². The van der Waals surface area contributed by atoms with Gasteiger partial charge in [-0.3, -0.25) is 0 Å². The molecule has 0 saturated carbocycles. The van der Waals surface area contributed by atoms with Crippen LogP contribution in [0.3, 0.4) is 0 Å². The number of hydrogen-bond donors (Lipinski definition) is 0. The van der Waals surface area contributed by atoms with Crippen LogP contribution >= 0.6 is 0 Å². The number of hydrogen-bond acceptors (Lipinski definition) is 3. The van der Waals surface area contributed by atoms with Crippen molar-refractivity contribution in [3.05, 3.63) is 193 Å². The zero-order valence-electron chi connectivity index (χ0n) is 32.1. The van der Waals surface area contributed by atoms with E-state index < -0.39 is 0 Å². The molecule has 0 radical (unpaired) electrons. The Bertz CT molecular complexity index is 3510. The second-order valence-corrected chi connectivity index (χ2v) is 16.5. The lowest BCUT2D eigenvalue weighted by molar-refractivity contribution is 0.647. The summed E-state index contributed by atoms with van der Waals surface area (Å²) in [5.74, 6) is 0. The fraction of sp³-hybridized carbons (Fsp3) is 0.0545. The smallest absolute Gasteiger partial charge is 0.136 e. The summed E-state index contributed by atoms with van der Waals surface area (Å²) in [6, 6.07) is 66.8. The van der Waals surface area contributed by atoms with Crippen LogP contribution in [0.15, 0.2) is 186 Å². The number of anilines is 6. The number of furan rings is 1. The maximum atomic E-state index is 6.88. The molecule has 0 bridgehead atoms. The molecule has 13 rings (SSSR count). The molecule has 0 N–H and O–H groups in total. The Labute approximate surface area is 335 Å². The third-order valence-electron chi connectivity index (χ3n) is 13.1. The van der Waals surface area contributed by atoms with Gasteiger partial charge in [-0.25, -0.2) is 0 Å². The highest BCUT2D eigenvalue weighted by Crippen LogP contribution is 2.57. The van der Waals surface area contributed by atoms with Gasteiger partial charge in [-0.05, 0) is 138 Å². The first-order valence-corrected chi connectivity index (χ1v) is 20.2. The average Bonchev–Trinajstić information content (AvgIpc) is 3.73. The third kappa shape index (κ3) is 4.17. The van der Waals surface area contributed by atoms with Crippen LogP contribution in [0.4, 0.5) is 34.1 Å². The Morgan fingerprint density at radius 1 is 0.362 bits per heavy atom. The van der Waals surface area contributed by atoms with Crippen molar-refractivity contribution in [3.63, 3.8) is 0 Å². The summed E-state index contributed by atoms with van der Waals surface area (Å²) in [5.41, 5.74) is 13.7. The average molecular weight is 741 g/mol. The Kier molecular flexibility index (Phi) is 6.23. The van der Waals surface area contributed by atoms with Gasteiger partial charge in [-0.15, -0.1) is 0 Å². The van der Waals surface area contributed by atoms with Gasteiger partial charge < -0.3 is 14.2 Å². The molecule has 3 heteroatoms. The fourth-order valence-corrected chi connectivity index (χ4v) is 10.4. The van der Waals surface area contributed by atoms with Gasteiger partial charge in [0.2, 0.25) is 0 Å². The normalized spacial score (nSPS) is 14.1. The van der Waals surface area contributed by atoms with Crippen molar-refractivity contribution < 1.29 is 4.42 Å². The summed E-state index contributed by atoms with van der Waals surface area (Å²) >= 11 is 0. The van der Waals surface area contributed by atoms with Crippen LogP contribution in [0.1, 0.15) is 25.0 Å². The van der Waals surface area contributed by atoms with Gasteiger partial charge in [-0.1, -0.05) is 123 Å². The third-order valence-corrected chi connectivity index (χ3v) is 13.1. The largest absolute Gasteiger partial charge is 0.456 e. The molecule has 0 fully saturated rings. The van der Waals surface area contributed by atoms with Crippen LogP contribution in [0.5, 0.6) is 0 Å². The van der Waals surface area contributed by atoms with E-state index in [1.54, 1.807) is 0 Å². The molecule has 58 heavy (non-hydrogen) atoms. The maximum Gasteiger partial charge on any atom is 0.136 e. The minimum Gasteiger partial charge on any atom is -0.456 e. The molecule has 1 aliphatic carbocycles. The van der Waals surface area contributed by atoms with Crippen molar-refractivity contribution >= 4 is 99.2 Å². The molecule has 2 heterocycles. The monoisotopic (exact) mass is 740 g/mol. The molecule has 3 nitrogen and oxygen atoms in total. The molecule has 0 atom stereocenters. The molecule has 1 aliphatic heterocycles. The standard InChI is InChI=1S/C55H36N2O/c1-55(2)46-28-35(57-50-22-12-10-20-48(50)56(34-15-4-3-5-16-34)49-21-11-13-23-51(49)57)25-27-39(46)42-30-44-43-29-41-38-19-9-8-18-37(38)40-26-24-33-14-6-7-17-36(33)54(40)45(41)31-52(43)58-53(44)32-47(42)55/h3-32H,1-2H3. The number of rotatable bonds is 2. The lowest BCUT2D eigenvalue weighted by Gasteiger charge is -2.40. The topological polar surface area (TPSA) is 19.6 Å². The zero-order chi connectivity index (χ0) is 38.3. The number of nitrogens with zero attached hydrogens (tertiary/aromatic N) is 2. The second-order valence-electron chi connectivity index (χ2n) is 16.5. The van der Waals surface area contributed by atoms with Gasteiger partial charge >= 0.3 is 0 Å². The summed E-state index contributed by atoms with van der Waals surface area (Å²) in [6.45, 7) is 4.73. The Hall–Kier alpha value is -7.36. The molecule has 10 aromatic carbocycles. The highest BCUT2D eigenvalue weighted by Gasteiger charge is 2.38. The van der Waals surface area contributed by atoms with Crippen LogP contribution in [0.2, 0.25) is 0 Å². The van der Waals surface area contributed by atoms with Crippen molar-refractivity contribution in [2.45, 2.75) is 19.3 Å². The molecule has 0 spiro atoms. The van der Waals surface area contributed by atoms with E-state index in [-0.39, 0.29) is 5.41 Å². The molecule has 2 aliphatic rings. The molecule has 0 saturated heterocycles. The van der Waals surface area contributed by atoms with Crippen molar-refractivity contribution in [3.8, 4) is 11.1 Å². The predicted molar refractivity (Wildman–Crippen MR) is 244 cm³/mol. The molecule has 1 aromatic heterocycles. The predicted octanol–water partition coefficient (Wildman–Crippen LogP) is 15.8. The molecule has 0 amide bonds. The van der Waals surface area contributed by atoms with Gasteiger partial charge in [0.15, 0.2) is 0 Å². The maximum absolute atomic E-state index is 6.88. The highest BCUT2D eigenvalue weighted by molar-refractivity contribution is 6.33. The quantitative estimate of drug-likeness (QED) is 0.165. The van der Waals surface area contributed by atoms with E-state index >= 15 is 0 Å². The Balaban J connectivity index is 1.00. The summed E-state index contributed by atoms with van der Waals surface area (Å²) in [5, 5.41) is 12.4. The fourth-order valence-electron chi connectivity index (χ4n) is 10.4. The molecule has 272 valence electrons. The van der Waals surface area contributed by atoms with E-state index in [1.807, 2.05) is 0 Å². The van der Waals surface area contributed by atoms with E-state index in [9.17, 15) is 0 Å². The van der Waals surface area contributed by atoms with Gasteiger partial charge in [0.1, 0.15) is 11.2 Å². The van der Waals surface area contributed by atoms with Gasteiger partial charge in [-0.2, -0.15) is 0 Å². The lowest BCUT2D eigenvalue weighted by atomic mass is 9.82. The van der Waals surface area contributed by atoms with Gasteiger partial charge in [0.05, 0.1) is 22.7 Å². The molecular formula is C55H36N2O. The van der Waals surface area contributed by atoms with Crippen LogP contribution in [-0.4, -0.2) is 0 Å². The van der Waals surface area contributed by atoms with Crippen molar-refractivity contribution in [1.82, 2.24) is 0 Å². The highest BCUT2D eigenvalue weighted by atomic mass is 16.3. The van der Waals surface area contributed by atoms with Crippen LogP contribution in [-0.2, 0) is 5.41 Å². The number of fused-ring (bicyclic) bond motifs is 16. The van der Waals surface area contributed by atoms with Crippen molar-refractivity contribution in [2.24, 2.45) is 0 Å². The minimum atomic E-state index is -0.241. The first kappa shape index (κ1) is 31.8. The van der Waals surface area contributed by atoms with E-state index in [4.69, 9.17) is 4.42 Å². The lowest BCUT2D eigenvalue weighted by Crippen LogP contribution is -2.24. The number of benzene rings is 10. The second kappa shape index (κ2) is 11.4. The Morgan fingerprint density at radius 2 is 0.931 bits per heavy atom.